The molecular formula is C19H28BrN3O3. The summed E-state index contributed by atoms with van der Waals surface area (Å²) in [7, 11) is 0. The Balaban J connectivity index is 2.35. The molecule has 0 bridgehead atoms. The lowest BCUT2D eigenvalue weighted by atomic mass is 10.2. The van der Waals surface area contributed by atoms with Crippen molar-refractivity contribution in [3.8, 4) is 0 Å². The molecule has 0 aliphatic carbocycles. The van der Waals surface area contributed by atoms with Gasteiger partial charge in [0.2, 0.25) is 17.7 Å². The number of halogens is 1. The fraction of sp³-hybridized carbons (Fsp3) is 0.526. The Bertz CT molecular complexity index is 628. The van der Waals surface area contributed by atoms with Crippen molar-refractivity contribution in [2.24, 2.45) is 0 Å². The lowest BCUT2D eigenvalue weighted by Gasteiger charge is -2.21. The second kappa shape index (κ2) is 11.7. The number of amides is 3. The van der Waals surface area contributed by atoms with Crippen LogP contribution in [0.1, 0.15) is 45.1 Å². The van der Waals surface area contributed by atoms with Gasteiger partial charge in [-0.2, -0.15) is 0 Å². The number of hydrogen-bond donors (Lipinski definition) is 2. The first-order chi connectivity index (χ1) is 12.4. The van der Waals surface area contributed by atoms with Gasteiger partial charge in [0.05, 0.1) is 6.54 Å². The molecule has 26 heavy (non-hydrogen) atoms. The zero-order valence-corrected chi connectivity index (χ0v) is 17.3. The van der Waals surface area contributed by atoms with Gasteiger partial charge in [-0.05, 0) is 43.5 Å². The quantitative estimate of drug-likeness (QED) is 0.603. The van der Waals surface area contributed by atoms with Gasteiger partial charge < -0.3 is 15.5 Å². The second-order valence-corrected chi connectivity index (χ2v) is 7.02. The van der Waals surface area contributed by atoms with Crippen LogP contribution in [-0.4, -0.2) is 42.3 Å². The second-order valence-electron chi connectivity index (χ2n) is 6.17. The van der Waals surface area contributed by atoms with Crippen molar-refractivity contribution in [2.75, 3.05) is 25.0 Å². The van der Waals surface area contributed by atoms with Crippen molar-refractivity contribution in [1.29, 1.82) is 0 Å². The van der Waals surface area contributed by atoms with Crippen molar-refractivity contribution in [3.63, 3.8) is 0 Å². The van der Waals surface area contributed by atoms with Crippen LogP contribution in [0.2, 0.25) is 0 Å². The molecule has 7 heteroatoms. The molecule has 1 aromatic carbocycles. The van der Waals surface area contributed by atoms with Gasteiger partial charge in [-0.1, -0.05) is 29.8 Å². The molecule has 0 aliphatic heterocycles. The number of aryl methyl sites for hydroxylation is 1. The minimum absolute atomic E-state index is 0.0151. The summed E-state index contributed by atoms with van der Waals surface area (Å²) in [4.78, 5) is 37.7. The number of hydrogen-bond acceptors (Lipinski definition) is 3. The van der Waals surface area contributed by atoms with Gasteiger partial charge in [-0.15, -0.1) is 0 Å². The van der Waals surface area contributed by atoms with E-state index >= 15 is 0 Å². The zero-order chi connectivity index (χ0) is 19.5. The lowest BCUT2D eigenvalue weighted by Crippen LogP contribution is -2.35. The van der Waals surface area contributed by atoms with Gasteiger partial charge in [0.15, 0.2) is 0 Å². The van der Waals surface area contributed by atoms with Gasteiger partial charge in [0, 0.05) is 36.1 Å². The minimum Gasteiger partial charge on any atom is -0.347 e. The summed E-state index contributed by atoms with van der Waals surface area (Å²) in [6.07, 6.45) is 2.05. The van der Waals surface area contributed by atoms with Crippen molar-refractivity contribution in [2.45, 2.75) is 46.5 Å². The van der Waals surface area contributed by atoms with E-state index in [-0.39, 0.29) is 37.1 Å². The standard InChI is InChI=1S/C19H28BrN3O3/c1-4-10-23(11-5-2)19(26)9-8-17(24)21-13-18(25)22-15-6-7-16(20)14(3)12-15/h6-7,12H,4-5,8-11,13H2,1-3H3,(H,21,24)(H,22,25). The van der Waals surface area contributed by atoms with E-state index in [1.807, 2.05) is 32.9 Å². The highest BCUT2D eigenvalue weighted by Gasteiger charge is 2.14. The molecule has 1 aromatic rings. The average Bonchev–Trinajstić information content (AvgIpc) is 2.61. The van der Waals surface area contributed by atoms with Crippen molar-refractivity contribution in [3.05, 3.63) is 28.2 Å². The maximum atomic E-state index is 12.1. The number of rotatable bonds is 10. The monoisotopic (exact) mass is 425 g/mol. The highest BCUT2D eigenvalue weighted by atomic mass is 79.9. The molecule has 0 heterocycles. The summed E-state index contributed by atoms with van der Waals surface area (Å²) in [5.41, 5.74) is 1.68. The molecule has 0 saturated heterocycles. The number of nitrogens with one attached hydrogen (secondary N) is 2. The number of benzene rings is 1. The fourth-order valence-corrected chi connectivity index (χ4v) is 2.72. The molecule has 3 amide bonds. The maximum absolute atomic E-state index is 12.1. The molecule has 0 radical (unpaired) electrons. The van der Waals surface area contributed by atoms with Crippen molar-refractivity contribution < 1.29 is 14.4 Å². The van der Waals surface area contributed by atoms with Gasteiger partial charge in [0.25, 0.3) is 0 Å². The topological polar surface area (TPSA) is 78.5 Å². The third kappa shape index (κ3) is 7.99. The Morgan fingerprint density at radius 1 is 1.04 bits per heavy atom. The summed E-state index contributed by atoms with van der Waals surface area (Å²) in [5.74, 6) is -0.614. The van der Waals surface area contributed by atoms with Crippen LogP contribution in [0.3, 0.4) is 0 Å². The van der Waals surface area contributed by atoms with Crippen LogP contribution >= 0.6 is 15.9 Å². The van der Waals surface area contributed by atoms with E-state index in [2.05, 4.69) is 26.6 Å². The van der Waals surface area contributed by atoms with E-state index in [0.717, 1.165) is 22.9 Å². The van der Waals surface area contributed by atoms with Crippen LogP contribution in [0.4, 0.5) is 5.69 Å². The highest BCUT2D eigenvalue weighted by molar-refractivity contribution is 9.10. The molecule has 0 saturated carbocycles. The molecule has 0 fully saturated rings. The Kier molecular flexibility index (Phi) is 9.95. The predicted molar refractivity (Wildman–Crippen MR) is 107 cm³/mol. The van der Waals surface area contributed by atoms with E-state index in [4.69, 9.17) is 0 Å². The summed E-state index contributed by atoms with van der Waals surface area (Å²) < 4.78 is 0.966. The Hall–Kier alpha value is -1.89. The van der Waals surface area contributed by atoms with Crippen LogP contribution < -0.4 is 10.6 Å². The smallest absolute Gasteiger partial charge is 0.243 e. The van der Waals surface area contributed by atoms with Crippen LogP contribution in [0.25, 0.3) is 0 Å². The predicted octanol–water partition coefficient (Wildman–Crippen LogP) is 3.24. The van der Waals surface area contributed by atoms with Gasteiger partial charge in [-0.25, -0.2) is 0 Å². The van der Waals surface area contributed by atoms with Crippen LogP contribution in [-0.2, 0) is 14.4 Å². The number of carbonyl (C=O) groups is 3. The molecule has 0 aromatic heterocycles. The number of carbonyl (C=O) groups excluding carboxylic acids is 3. The van der Waals surface area contributed by atoms with E-state index in [1.54, 1.807) is 11.0 Å². The van der Waals surface area contributed by atoms with E-state index in [9.17, 15) is 14.4 Å². The summed E-state index contributed by atoms with van der Waals surface area (Å²) in [6, 6.07) is 5.48. The molecule has 2 N–H and O–H groups in total. The van der Waals surface area contributed by atoms with E-state index < -0.39 is 0 Å². The molecule has 0 atom stereocenters. The third-order valence-electron chi connectivity index (χ3n) is 3.79. The third-order valence-corrected chi connectivity index (χ3v) is 4.68. The van der Waals surface area contributed by atoms with Gasteiger partial charge in [-0.3, -0.25) is 14.4 Å². The zero-order valence-electron chi connectivity index (χ0n) is 15.7. The molecular weight excluding hydrogens is 398 g/mol. The van der Waals surface area contributed by atoms with E-state index in [1.165, 1.54) is 0 Å². The largest absolute Gasteiger partial charge is 0.347 e. The van der Waals surface area contributed by atoms with E-state index in [0.29, 0.717) is 18.8 Å². The molecule has 0 unspecified atom stereocenters. The van der Waals surface area contributed by atoms with Crippen molar-refractivity contribution in [1.82, 2.24) is 10.2 Å². The SMILES string of the molecule is CCCN(CCC)C(=O)CCC(=O)NCC(=O)Nc1ccc(Br)c(C)c1. The average molecular weight is 426 g/mol. The molecule has 144 valence electrons. The fourth-order valence-electron chi connectivity index (χ4n) is 2.47. The van der Waals surface area contributed by atoms with Gasteiger partial charge in [0.1, 0.15) is 0 Å². The highest BCUT2D eigenvalue weighted by Crippen LogP contribution is 2.19. The Labute approximate surface area is 163 Å². The Morgan fingerprint density at radius 3 is 2.27 bits per heavy atom. The summed E-state index contributed by atoms with van der Waals surface area (Å²) in [5, 5.41) is 5.29. The minimum atomic E-state index is -0.301. The molecule has 6 nitrogen and oxygen atoms in total. The molecule has 0 spiro atoms. The first kappa shape index (κ1) is 22.2. The maximum Gasteiger partial charge on any atom is 0.243 e. The lowest BCUT2D eigenvalue weighted by molar-refractivity contribution is -0.133. The summed E-state index contributed by atoms with van der Waals surface area (Å²) in [6.45, 7) is 7.28. The Morgan fingerprint density at radius 2 is 1.69 bits per heavy atom. The van der Waals surface area contributed by atoms with Gasteiger partial charge >= 0.3 is 0 Å². The molecule has 0 aliphatic rings. The summed E-state index contributed by atoms with van der Waals surface area (Å²) >= 11 is 3.40. The first-order valence-corrected chi connectivity index (χ1v) is 9.77. The van der Waals surface area contributed by atoms with Crippen molar-refractivity contribution >= 4 is 39.3 Å². The number of nitrogens with zero attached hydrogens (tertiary/aromatic N) is 1. The van der Waals surface area contributed by atoms with Crippen LogP contribution in [0.5, 0.6) is 0 Å². The van der Waals surface area contributed by atoms with Crippen LogP contribution in [0.15, 0.2) is 22.7 Å². The van der Waals surface area contributed by atoms with Crippen LogP contribution in [0, 0.1) is 6.92 Å². The normalized spacial score (nSPS) is 10.3. The first-order valence-electron chi connectivity index (χ1n) is 8.97. The number of anilines is 1. The molecule has 1 rings (SSSR count).